The van der Waals surface area contributed by atoms with Crippen LogP contribution in [0.5, 0.6) is 0 Å². The molecule has 194 valence electrons. The SMILES string of the molecule is C=CC(=O)N1CCC[C@@H](n2nc(C(=O)Nc3cc(Cl)c(CC(=O)N(C)C)cc3Cl)c3c(N)ncnc32)C1. The molecule has 37 heavy (non-hydrogen) atoms. The molecule has 0 radical (unpaired) electrons. The molecule has 1 fully saturated rings. The minimum Gasteiger partial charge on any atom is -0.383 e. The fraction of sp³-hybridized carbons (Fsp3) is 0.333. The summed E-state index contributed by atoms with van der Waals surface area (Å²) in [6.07, 6.45) is 4.13. The number of halogens is 2. The van der Waals surface area contributed by atoms with Gasteiger partial charge in [0.05, 0.1) is 28.6 Å². The van der Waals surface area contributed by atoms with Gasteiger partial charge in [-0.25, -0.2) is 14.6 Å². The molecule has 0 bridgehead atoms. The zero-order chi connectivity index (χ0) is 26.9. The highest BCUT2D eigenvalue weighted by Gasteiger charge is 2.29. The number of nitrogens with two attached hydrogens (primary N) is 1. The van der Waals surface area contributed by atoms with Gasteiger partial charge >= 0.3 is 0 Å². The van der Waals surface area contributed by atoms with E-state index in [2.05, 4.69) is 27.0 Å². The number of nitrogen functional groups attached to an aromatic ring is 1. The average molecular weight is 545 g/mol. The Hall–Kier alpha value is -3.70. The first kappa shape index (κ1) is 26.4. The van der Waals surface area contributed by atoms with Crippen molar-refractivity contribution in [2.45, 2.75) is 25.3 Å². The Morgan fingerprint density at radius 3 is 2.70 bits per heavy atom. The summed E-state index contributed by atoms with van der Waals surface area (Å²) in [6, 6.07) is 2.81. The van der Waals surface area contributed by atoms with E-state index in [0.717, 1.165) is 12.8 Å². The van der Waals surface area contributed by atoms with Gasteiger partial charge in [-0.1, -0.05) is 29.8 Å². The van der Waals surface area contributed by atoms with E-state index in [1.165, 1.54) is 23.4 Å². The van der Waals surface area contributed by atoms with E-state index in [1.807, 2.05) is 0 Å². The minimum absolute atomic E-state index is 0.0133. The highest BCUT2D eigenvalue weighted by Crippen LogP contribution is 2.32. The van der Waals surface area contributed by atoms with Crippen LogP contribution < -0.4 is 11.1 Å². The number of amides is 3. The van der Waals surface area contributed by atoms with Gasteiger partial charge < -0.3 is 20.9 Å². The maximum Gasteiger partial charge on any atom is 0.277 e. The van der Waals surface area contributed by atoms with E-state index in [4.69, 9.17) is 28.9 Å². The van der Waals surface area contributed by atoms with Gasteiger partial charge in [0, 0.05) is 32.2 Å². The molecular weight excluding hydrogens is 519 g/mol. The second-order valence-corrected chi connectivity index (χ2v) is 9.69. The number of carbonyl (C=O) groups excluding carboxylic acids is 3. The summed E-state index contributed by atoms with van der Waals surface area (Å²) in [7, 11) is 3.29. The lowest BCUT2D eigenvalue weighted by molar-refractivity contribution is -0.128. The monoisotopic (exact) mass is 544 g/mol. The molecule has 0 spiro atoms. The first-order valence-electron chi connectivity index (χ1n) is 11.5. The Morgan fingerprint density at radius 1 is 1.24 bits per heavy atom. The summed E-state index contributed by atoms with van der Waals surface area (Å²) in [6.45, 7) is 4.56. The molecule has 3 amide bonds. The van der Waals surface area contributed by atoms with Gasteiger partial charge in [0.1, 0.15) is 12.1 Å². The molecule has 4 rings (SSSR count). The fourth-order valence-electron chi connectivity index (χ4n) is 4.21. The molecular formula is C24H26Cl2N8O3. The van der Waals surface area contributed by atoms with Crippen molar-refractivity contribution in [3.8, 4) is 0 Å². The van der Waals surface area contributed by atoms with Gasteiger partial charge in [-0.3, -0.25) is 14.4 Å². The van der Waals surface area contributed by atoms with E-state index < -0.39 is 5.91 Å². The second kappa shape index (κ2) is 10.7. The first-order valence-corrected chi connectivity index (χ1v) is 12.3. The van der Waals surface area contributed by atoms with Crippen molar-refractivity contribution in [2.24, 2.45) is 0 Å². The molecule has 1 atom stereocenters. The molecule has 1 aliphatic rings. The van der Waals surface area contributed by atoms with Gasteiger partial charge in [-0.05, 0) is 36.6 Å². The molecule has 11 nitrogen and oxygen atoms in total. The van der Waals surface area contributed by atoms with Crippen LogP contribution in [0.2, 0.25) is 10.0 Å². The Bertz CT molecular complexity index is 1400. The minimum atomic E-state index is -0.588. The number of rotatable bonds is 6. The van der Waals surface area contributed by atoms with Crippen molar-refractivity contribution < 1.29 is 14.4 Å². The molecule has 0 saturated carbocycles. The van der Waals surface area contributed by atoms with E-state index in [-0.39, 0.29) is 51.5 Å². The number of likely N-dealkylation sites (tertiary alicyclic amines) is 1. The summed E-state index contributed by atoms with van der Waals surface area (Å²) in [4.78, 5) is 49.1. The van der Waals surface area contributed by atoms with Crippen LogP contribution in [0, 0.1) is 0 Å². The van der Waals surface area contributed by atoms with E-state index in [9.17, 15) is 14.4 Å². The summed E-state index contributed by atoms with van der Waals surface area (Å²) in [5.41, 5.74) is 7.31. The van der Waals surface area contributed by atoms with Crippen LogP contribution in [0.1, 0.15) is 34.9 Å². The van der Waals surface area contributed by atoms with Gasteiger partial charge in [0.15, 0.2) is 11.3 Å². The number of benzene rings is 1. The number of nitrogens with zero attached hydrogens (tertiary/aromatic N) is 6. The maximum absolute atomic E-state index is 13.4. The molecule has 1 aromatic carbocycles. The third-order valence-corrected chi connectivity index (χ3v) is 6.85. The Morgan fingerprint density at radius 2 is 2.00 bits per heavy atom. The van der Waals surface area contributed by atoms with E-state index in [0.29, 0.717) is 29.7 Å². The number of piperidine rings is 1. The van der Waals surface area contributed by atoms with Crippen LogP contribution in [0.15, 0.2) is 31.1 Å². The van der Waals surface area contributed by atoms with E-state index >= 15 is 0 Å². The smallest absolute Gasteiger partial charge is 0.277 e. The van der Waals surface area contributed by atoms with Crippen LogP contribution in [0.3, 0.4) is 0 Å². The second-order valence-electron chi connectivity index (χ2n) is 8.88. The van der Waals surface area contributed by atoms with Gasteiger partial charge in [0.2, 0.25) is 11.8 Å². The van der Waals surface area contributed by atoms with E-state index in [1.54, 1.807) is 29.7 Å². The van der Waals surface area contributed by atoms with Crippen LogP contribution >= 0.6 is 23.2 Å². The van der Waals surface area contributed by atoms with Crippen molar-refractivity contribution in [3.63, 3.8) is 0 Å². The molecule has 0 unspecified atom stereocenters. The standard InChI is InChI=1S/C24H26Cl2N8O3/c1-4-18(35)33-7-5-6-14(11-33)34-23-20(22(27)28-12-29-23)21(31-34)24(37)30-17-10-15(25)13(8-16(17)26)9-19(36)32(2)3/h4,8,10,12,14H,1,5-7,9,11H2,2-3H3,(H,30,37)(H2,27,28,29)/t14-/m1/s1. The molecule has 0 aliphatic carbocycles. The molecule has 3 aromatic rings. The lowest BCUT2D eigenvalue weighted by Gasteiger charge is -2.32. The topological polar surface area (TPSA) is 139 Å². The number of aromatic nitrogens is 4. The largest absolute Gasteiger partial charge is 0.383 e. The summed E-state index contributed by atoms with van der Waals surface area (Å²) in [5.74, 6) is -0.804. The Balaban J connectivity index is 1.66. The highest BCUT2D eigenvalue weighted by atomic mass is 35.5. The lowest BCUT2D eigenvalue weighted by Crippen LogP contribution is -2.40. The number of hydrogen-bond donors (Lipinski definition) is 2. The van der Waals surface area contributed by atoms with Crippen molar-refractivity contribution >= 4 is 63.5 Å². The number of likely N-dealkylation sites (N-methyl/N-ethyl adjacent to an activating group) is 1. The van der Waals surface area contributed by atoms with Gasteiger partial charge in [-0.2, -0.15) is 5.10 Å². The number of hydrogen-bond acceptors (Lipinski definition) is 7. The van der Waals surface area contributed by atoms with Crippen molar-refractivity contribution in [2.75, 3.05) is 38.2 Å². The molecule has 3 N–H and O–H groups in total. The Kier molecular flexibility index (Phi) is 7.65. The zero-order valence-corrected chi connectivity index (χ0v) is 21.9. The quantitative estimate of drug-likeness (QED) is 0.454. The molecule has 13 heteroatoms. The fourth-order valence-corrected chi connectivity index (χ4v) is 4.68. The van der Waals surface area contributed by atoms with Crippen LogP contribution in [-0.2, 0) is 16.0 Å². The third-order valence-electron chi connectivity index (χ3n) is 6.19. The first-order chi connectivity index (χ1) is 17.6. The molecule has 1 saturated heterocycles. The zero-order valence-electron chi connectivity index (χ0n) is 20.4. The lowest BCUT2D eigenvalue weighted by atomic mass is 10.1. The van der Waals surface area contributed by atoms with Crippen LogP contribution in [-0.4, -0.2) is 74.5 Å². The summed E-state index contributed by atoms with van der Waals surface area (Å²) in [5, 5.41) is 8.06. The third kappa shape index (κ3) is 5.37. The Labute approximate surface area is 223 Å². The predicted molar refractivity (Wildman–Crippen MR) is 142 cm³/mol. The molecule has 2 aromatic heterocycles. The highest BCUT2D eigenvalue weighted by molar-refractivity contribution is 6.36. The maximum atomic E-state index is 13.4. The van der Waals surface area contributed by atoms with Gasteiger partial charge in [-0.15, -0.1) is 0 Å². The van der Waals surface area contributed by atoms with Gasteiger partial charge in [0.25, 0.3) is 5.91 Å². The average Bonchev–Trinajstić information content (AvgIpc) is 3.27. The predicted octanol–water partition coefficient (Wildman–Crippen LogP) is 2.95. The normalized spacial score (nSPS) is 15.5. The van der Waals surface area contributed by atoms with Crippen LogP contribution in [0.4, 0.5) is 11.5 Å². The molecule has 1 aliphatic heterocycles. The number of carbonyl (C=O) groups is 3. The number of nitrogens with one attached hydrogen (secondary N) is 1. The number of fused-ring (bicyclic) bond motifs is 1. The molecule has 3 heterocycles. The van der Waals surface area contributed by atoms with Crippen molar-refractivity contribution in [1.82, 2.24) is 29.5 Å². The number of anilines is 2. The summed E-state index contributed by atoms with van der Waals surface area (Å²) < 4.78 is 1.62. The van der Waals surface area contributed by atoms with Crippen LogP contribution in [0.25, 0.3) is 11.0 Å². The van der Waals surface area contributed by atoms with Crippen molar-refractivity contribution in [1.29, 1.82) is 0 Å². The van der Waals surface area contributed by atoms with Crippen molar-refractivity contribution in [3.05, 3.63) is 52.4 Å². The summed E-state index contributed by atoms with van der Waals surface area (Å²) >= 11 is 12.8.